The average molecular weight is 445 g/mol. The van der Waals surface area contributed by atoms with Gasteiger partial charge < -0.3 is 13.9 Å². The normalized spacial score (nSPS) is 15.0. The van der Waals surface area contributed by atoms with Gasteiger partial charge in [0.1, 0.15) is 0 Å². The Bertz CT molecular complexity index is 1170. The van der Waals surface area contributed by atoms with Crippen LogP contribution >= 0.6 is 0 Å². The fourth-order valence-electron chi connectivity index (χ4n) is 3.11. The molecule has 1 aliphatic heterocycles. The molecule has 2 aromatic carbocycles. The highest BCUT2D eigenvalue weighted by Gasteiger charge is 2.29. The third kappa shape index (κ3) is 4.58. The quantitative estimate of drug-likeness (QED) is 0.401. The molecule has 31 heavy (non-hydrogen) atoms. The van der Waals surface area contributed by atoms with E-state index in [9.17, 15) is 18.5 Å². The number of nitro benzene ring substituents is 1. The van der Waals surface area contributed by atoms with Crippen LogP contribution in [-0.2, 0) is 21.4 Å². The second-order valence-corrected chi connectivity index (χ2v) is 8.61. The number of morpholine rings is 1. The van der Waals surface area contributed by atoms with Crippen molar-refractivity contribution in [2.24, 2.45) is 0 Å². The van der Waals surface area contributed by atoms with Gasteiger partial charge in [0.15, 0.2) is 18.1 Å². The van der Waals surface area contributed by atoms with Gasteiger partial charge in [-0.3, -0.25) is 10.1 Å². The minimum Gasteiger partial charge on any atom is -0.477 e. The van der Waals surface area contributed by atoms with E-state index in [1.165, 1.54) is 16.4 Å². The molecular weight excluding hydrogens is 426 g/mol. The Labute approximate surface area is 178 Å². The maximum absolute atomic E-state index is 12.8. The summed E-state index contributed by atoms with van der Waals surface area (Å²) < 4.78 is 43.1. The Morgan fingerprint density at radius 3 is 2.58 bits per heavy atom. The Morgan fingerprint density at radius 1 is 1.13 bits per heavy atom. The van der Waals surface area contributed by atoms with Crippen LogP contribution in [0.25, 0.3) is 11.3 Å². The molecule has 3 aromatic rings. The molecule has 0 aliphatic carbocycles. The zero-order chi connectivity index (χ0) is 21.8. The number of nitro groups is 1. The fourth-order valence-corrected chi connectivity index (χ4v) is 4.54. The summed E-state index contributed by atoms with van der Waals surface area (Å²) in [5.41, 5.74) is 0.383. The summed E-state index contributed by atoms with van der Waals surface area (Å²) in [5, 5.41) is 11.5. The number of hydrogen-bond donors (Lipinski definition) is 0. The maximum Gasteiger partial charge on any atom is 0.312 e. The smallest absolute Gasteiger partial charge is 0.312 e. The fraction of sp³-hybridized carbons (Fsp3) is 0.250. The summed E-state index contributed by atoms with van der Waals surface area (Å²) in [7, 11) is -3.87. The van der Waals surface area contributed by atoms with Crippen LogP contribution in [-0.4, -0.2) is 48.9 Å². The van der Waals surface area contributed by atoms with Crippen LogP contribution < -0.4 is 4.74 Å². The first-order valence-corrected chi connectivity index (χ1v) is 10.9. The molecule has 162 valence electrons. The van der Waals surface area contributed by atoms with Gasteiger partial charge in [-0.1, -0.05) is 30.3 Å². The number of aromatic nitrogens is 1. The molecule has 0 N–H and O–H groups in total. The van der Waals surface area contributed by atoms with Crippen LogP contribution in [0.2, 0.25) is 0 Å². The molecule has 0 bridgehead atoms. The van der Waals surface area contributed by atoms with Gasteiger partial charge in [0.05, 0.1) is 29.2 Å². The van der Waals surface area contributed by atoms with Crippen molar-refractivity contribution in [3.05, 3.63) is 70.7 Å². The van der Waals surface area contributed by atoms with Gasteiger partial charge in [0, 0.05) is 24.7 Å². The minimum atomic E-state index is -3.87. The molecule has 11 heteroatoms. The van der Waals surface area contributed by atoms with Crippen LogP contribution in [0.1, 0.15) is 5.89 Å². The van der Waals surface area contributed by atoms with Crippen molar-refractivity contribution in [3.8, 4) is 17.1 Å². The molecule has 0 atom stereocenters. The predicted molar refractivity (Wildman–Crippen MR) is 109 cm³/mol. The summed E-state index contributed by atoms with van der Waals surface area (Å²) in [5.74, 6) is 0.698. The highest BCUT2D eigenvalue weighted by Crippen LogP contribution is 2.32. The maximum atomic E-state index is 12.8. The molecule has 1 aromatic heterocycles. The lowest BCUT2D eigenvalue weighted by atomic mass is 10.2. The van der Waals surface area contributed by atoms with E-state index in [0.717, 1.165) is 11.6 Å². The number of rotatable bonds is 7. The van der Waals surface area contributed by atoms with Gasteiger partial charge in [-0.15, -0.1) is 0 Å². The highest BCUT2D eigenvalue weighted by molar-refractivity contribution is 7.89. The zero-order valence-corrected chi connectivity index (χ0v) is 17.2. The average Bonchev–Trinajstić information content (AvgIpc) is 3.28. The summed E-state index contributed by atoms with van der Waals surface area (Å²) in [6.07, 6.45) is 1.54. The van der Waals surface area contributed by atoms with Gasteiger partial charge in [-0.25, -0.2) is 13.4 Å². The topological polar surface area (TPSA) is 125 Å². The standard InChI is InChI=1S/C20H19N3O7S/c24-23(25)17-12-16(31(26,27)22-8-10-28-11-9-22)6-7-18(17)29-14-20-21-13-19(30-20)15-4-2-1-3-5-15/h1-7,12-13H,8-11,14H2. The predicted octanol–water partition coefficient (Wildman–Crippen LogP) is 2.85. The SMILES string of the molecule is O=[N+]([O-])c1cc(S(=O)(=O)N2CCOCC2)ccc1OCc1ncc(-c2ccccc2)o1. The van der Waals surface area contributed by atoms with Gasteiger partial charge in [-0.05, 0) is 12.1 Å². The molecule has 0 saturated carbocycles. The van der Waals surface area contributed by atoms with Crippen LogP contribution in [0.15, 0.2) is 64.0 Å². The van der Waals surface area contributed by atoms with Crippen molar-refractivity contribution in [2.75, 3.05) is 26.3 Å². The van der Waals surface area contributed by atoms with E-state index < -0.39 is 20.6 Å². The molecule has 0 spiro atoms. The third-order valence-corrected chi connectivity index (χ3v) is 6.59. The van der Waals surface area contributed by atoms with E-state index in [4.69, 9.17) is 13.9 Å². The van der Waals surface area contributed by atoms with Crippen molar-refractivity contribution in [3.63, 3.8) is 0 Å². The highest BCUT2D eigenvalue weighted by atomic mass is 32.2. The second kappa shape index (κ2) is 8.84. The van der Waals surface area contributed by atoms with E-state index in [0.29, 0.717) is 5.76 Å². The first-order valence-electron chi connectivity index (χ1n) is 9.44. The summed E-state index contributed by atoms with van der Waals surface area (Å²) in [6, 6.07) is 12.9. The molecule has 0 radical (unpaired) electrons. The van der Waals surface area contributed by atoms with E-state index in [1.807, 2.05) is 30.3 Å². The van der Waals surface area contributed by atoms with Crippen LogP contribution in [0, 0.1) is 10.1 Å². The van der Waals surface area contributed by atoms with E-state index in [-0.39, 0.29) is 49.4 Å². The lowest BCUT2D eigenvalue weighted by Crippen LogP contribution is -2.40. The van der Waals surface area contributed by atoms with Crippen molar-refractivity contribution in [1.29, 1.82) is 0 Å². The molecule has 1 aliphatic rings. The van der Waals surface area contributed by atoms with Gasteiger partial charge >= 0.3 is 5.69 Å². The van der Waals surface area contributed by atoms with Crippen LogP contribution in [0.4, 0.5) is 5.69 Å². The minimum absolute atomic E-state index is 0.0783. The molecule has 0 amide bonds. The molecule has 1 fully saturated rings. The van der Waals surface area contributed by atoms with Gasteiger partial charge in [-0.2, -0.15) is 4.31 Å². The monoisotopic (exact) mass is 445 g/mol. The molecule has 0 unspecified atom stereocenters. The third-order valence-electron chi connectivity index (χ3n) is 4.70. The number of benzene rings is 2. The van der Waals surface area contributed by atoms with Crippen molar-refractivity contribution >= 4 is 15.7 Å². The molecule has 2 heterocycles. The number of sulfonamides is 1. The zero-order valence-electron chi connectivity index (χ0n) is 16.3. The van der Waals surface area contributed by atoms with Crippen molar-refractivity contribution in [2.45, 2.75) is 11.5 Å². The number of hydrogen-bond acceptors (Lipinski definition) is 8. The lowest BCUT2D eigenvalue weighted by Gasteiger charge is -2.26. The first-order chi connectivity index (χ1) is 14.9. The van der Waals surface area contributed by atoms with E-state index >= 15 is 0 Å². The van der Waals surface area contributed by atoms with Crippen molar-refractivity contribution in [1.82, 2.24) is 9.29 Å². The molecule has 10 nitrogen and oxygen atoms in total. The Kier molecular flexibility index (Phi) is 5.98. The molecule has 1 saturated heterocycles. The van der Waals surface area contributed by atoms with Gasteiger partial charge in [0.2, 0.25) is 15.9 Å². The summed E-state index contributed by atoms with van der Waals surface area (Å²) in [4.78, 5) is 14.8. The largest absolute Gasteiger partial charge is 0.477 e. The Hall–Kier alpha value is -3.28. The van der Waals surface area contributed by atoms with Crippen LogP contribution in [0.3, 0.4) is 0 Å². The number of nitrogens with zero attached hydrogens (tertiary/aromatic N) is 3. The Balaban J connectivity index is 1.52. The lowest BCUT2D eigenvalue weighted by molar-refractivity contribution is -0.386. The van der Waals surface area contributed by atoms with Crippen LogP contribution in [0.5, 0.6) is 5.75 Å². The van der Waals surface area contributed by atoms with E-state index in [1.54, 1.807) is 6.20 Å². The number of oxazole rings is 1. The molecule has 4 rings (SSSR count). The van der Waals surface area contributed by atoms with Crippen molar-refractivity contribution < 1.29 is 27.2 Å². The molecular formula is C20H19N3O7S. The summed E-state index contributed by atoms with van der Waals surface area (Å²) in [6.45, 7) is 0.807. The summed E-state index contributed by atoms with van der Waals surface area (Å²) >= 11 is 0. The Morgan fingerprint density at radius 2 is 1.87 bits per heavy atom. The first kappa shape index (κ1) is 21.0. The van der Waals surface area contributed by atoms with Gasteiger partial charge in [0.25, 0.3) is 0 Å². The second-order valence-electron chi connectivity index (χ2n) is 6.68. The number of ether oxygens (including phenoxy) is 2. The van der Waals surface area contributed by atoms with E-state index in [2.05, 4.69) is 4.98 Å².